The van der Waals surface area contributed by atoms with E-state index in [2.05, 4.69) is 0 Å². The molecule has 0 bridgehead atoms. The summed E-state index contributed by atoms with van der Waals surface area (Å²) in [6, 6.07) is 12.7. The molecule has 0 amide bonds. The molecule has 1 N–H and O–H groups in total. The molecule has 0 aliphatic carbocycles. The predicted octanol–water partition coefficient (Wildman–Crippen LogP) is 2.44. The molecule has 2 aromatic carbocycles. The molecule has 0 unspecified atom stereocenters. The molecule has 108 valence electrons. The van der Waals surface area contributed by atoms with Crippen LogP contribution in [0.1, 0.15) is 20.7 Å². The molecule has 0 spiro atoms. The number of carbonyl (C=O) groups is 2. The second-order valence-electron chi connectivity index (χ2n) is 4.25. The van der Waals surface area contributed by atoms with E-state index in [0.717, 1.165) is 0 Å². The molecule has 21 heavy (non-hydrogen) atoms. The highest BCUT2D eigenvalue weighted by atomic mass is 16.5. The van der Waals surface area contributed by atoms with Crippen LogP contribution in [0.5, 0.6) is 11.5 Å². The van der Waals surface area contributed by atoms with Crippen molar-refractivity contribution in [1.29, 1.82) is 0 Å². The Morgan fingerprint density at radius 1 is 1.10 bits per heavy atom. The fraction of sp³-hybridized carbons (Fsp3) is 0.125. The molecule has 2 aromatic rings. The van der Waals surface area contributed by atoms with Gasteiger partial charge in [-0.2, -0.15) is 0 Å². The van der Waals surface area contributed by atoms with Gasteiger partial charge in [0.15, 0.2) is 12.4 Å². The number of rotatable bonds is 5. The average molecular weight is 286 g/mol. The van der Waals surface area contributed by atoms with Crippen LogP contribution in [-0.2, 0) is 4.74 Å². The maximum Gasteiger partial charge on any atom is 0.342 e. The van der Waals surface area contributed by atoms with Gasteiger partial charge in [-0.05, 0) is 18.2 Å². The zero-order chi connectivity index (χ0) is 15.2. The summed E-state index contributed by atoms with van der Waals surface area (Å²) in [6.07, 6.45) is 0. The molecule has 0 radical (unpaired) electrons. The number of Topliss-reactive ketones (excluding diaryl/α,β-unsaturated/α-hetero) is 1. The Labute approximate surface area is 121 Å². The SMILES string of the molecule is COc1ccc(O)c(C(=O)OCC(=O)c2ccccc2)c1. The van der Waals surface area contributed by atoms with Crippen LogP contribution in [0, 0.1) is 0 Å². The minimum atomic E-state index is -0.782. The Balaban J connectivity index is 2.04. The van der Waals surface area contributed by atoms with Crippen LogP contribution in [0.2, 0.25) is 0 Å². The van der Waals surface area contributed by atoms with Gasteiger partial charge < -0.3 is 14.6 Å². The van der Waals surface area contributed by atoms with Crippen LogP contribution >= 0.6 is 0 Å². The van der Waals surface area contributed by atoms with Crippen molar-refractivity contribution in [3.05, 3.63) is 59.7 Å². The van der Waals surface area contributed by atoms with E-state index < -0.39 is 5.97 Å². The summed E-state index contributed by atoms with van der Waals surface area (Å²) in [4.78, 5) is 23.7. The van der Waals surface area contributed by atoms with E-state index >= 15 is 0 Å². The van der Waals surface area contributed by atoms with Crippen molar-refractivity contribution in [2.75, 3.05) is 13.7 Å². The van der Waals surface area contributed by atoms with Gasteiger partial charge >= 0.3 is 5.97 Å². The molecular weight excluding hydrogens is 272 g/mol. The topological polar surface area (TPSA) is 72.8 Å². The number of aromatic hydroxyl groups is 1. The van der Waals surface area contributed by atoms with E-state index in [-0.39, 0.29) is 23.7 Å². The van der Waals surface area contributed by atoms with E-state index in [1.807, 2.05) is 0 Å². The van der Waals surface area contributed by atoms with Crippen molar-refractivity contribution in [3.8, 4) is 11.5 Å². The van der Waals surface area contributed by atoms with Crippen LogP contribution < -0.4 is 4.74 Å². The van der Waals surface area contributed by atoms with Gasteiger partial charge in [-0.15, -0.1) is 0 Å². The molecule has 5 heteroatoms. The van der Waals surface area contributed by atoms with Gasteiger partial charge in [0.05, 0.1) is 7.11 Å². The highest BCUT2D eigenvalue weighted by molar-refractivity contribution is 6.00. The third-order valence-corrected chi connectivity index (χ3v) is 2.85. The van der Waals surface area contributed by atoms with Crippen molar-refractivity contribution < 1.29 is 24.2 Å². The lowest BCUT2D eigenvalue weighted by Crippen LogP contribution is -2.14. The van der Waals surface area contributed by atoms with Crippen LogP contribution in [0.25, 0.3) is 0 Å². The number of ether oxygens (including phenoxy) is 2. The van der Waals surface area contributed by atoms with Gasteiger partial charge in [0.25, 0.3) is 0 Å². The molecule has 0 aliphatic rings. The molecule has 5 nitrogen and oxygen atoms in total. The molecule has 0 aliphatic heterocycles. The Kier molecular flexibility index (Phi) is 4.56. The first kappa shape index (κ1) is 14.6. The highest BCUT2D eigenvalue weighted by Gasteiger charge is 2.16. The zero-order valence-electron chi connectivity index (χ0n) is 11.4. The number of ketones is 1. The molecule has 2 rings (SSSR count). The zero-order valence-corrected chi connectivity index (χ0v) is 11.4. The second kappa shape index (κ2) is 6.56. The van der Waals surface area contributed by atoms with E-state index in [4.69, 9.17) is 9.47 Å². The smallest absolute Gasteiger partial charge is 0.342 e. The molecule has 0 fully saturated rings. The first-order chi connectivity index (χ1) is 10.1. The average Bonchev–Trinajstić information content (AvgIpc) is 2.53. The van der Waals surface area contributed by atoms with Crippen molar-refractivity contribution in [2.24, 2.45) is 0 Å². The monoisotopic (exact) mass is 286 g/mol. The third kappa shape index (κ3) is 3.60. The quantitative estimate of drug-likeness (QED) is 0.675. The minimum absolute atomic E-state index is 0.0461. The molecule has 0 saturated carbocycles. The minimum Gasteiger partial charge on any atom is -0.507 e. The number of carbonyl (C=O) groups excluding carboxylic acids is 2. The standard InChI is InChI=1S/C16H14O5/c1-20-12-7-8-14(17)13(9-12)16(19)21-10-15(18)11-5-3-2-4-6-11/h2-9,17H,10H2,1H3. The van der Waals surface area contributed by atoms with Crippen molar-refractivity contribution in [2.45, 2.75) is 0 Å². The number of benzene rings is 2. The van der Waals surface area contributed by atoms with Crippen molar-refractivity contribution in [3.63, 3.8) is 0 Å². The normalized spacial score (nSPS) is 9.95. The Bertz CT molecular complexity index is 649. The summed E-state index contributed by atoms with van der Waals surface area (Å²) in [5.74, 6) is -0.913. The van der Waals surface area contributed by atoms with Crippen LogP contribution in [-0.4, -0.2) is 30.6 Å². The van der Waals surface area contributed by atoms with E-state index in [1.54, 1.807) is 30.3 Å². The molecule has 0 heterocycles. The van der Waals surface area contributed by atoms with Crippen molar-refractivity contribution in [1.82, 2.24) is 0 Å². The van der Waals surface area contributed by atoms with Crippen LogP contribution in [0.3, 0.4) is 0 Å². The number of hydrogen-bond donors (Lipinski definition) is 1. The maximum atomic E-state index is 11.9. The fourth-order valence-electron chi connectivity index (χ4n) is 1.72. The number of hydrogen-bond acceptors (Lipinski definition) is 5. The number of esters is 1. The Morgan fingerprint density at radius 2 is 1.81 bits per heavy atom. The van der Waals surface area contributed by atoms with Gasteiger partial charge in [0.2, 0.25) is 0 Å². The van der Waals surface area contributed by atoms with E-state index in [0.29, 0.717) is 11.3 Å². The largest absolute Gasteiger partial charge is 0.507 e. The van der Waals surface area contributed by atoms with Gasteiger partial charge in [-0.1, -0.05) is 30.3 Å². The van der Waals surface area contributed by atoms with Crippen LogP contribution in [0.4, 0.5) is 0 Å². The molecule has 0 aromatic heterocycles. The summed E-state index contributed by atoms with van der Waals surface area (Å²) < 4.78 is 9.89. The second-order valence-corrected chi connectivity index (χ2v) is 4.25. The summed E-state index contributed by atoms with van der Waals surface area (Å²) in [5, 5.41) is 9.64. The Hall–Kier alpha value is -2.82. The third-order valence-electron chi connectivity index (χ3n) is 2.85. The lowest BCUT2D eigenvalue weighted by Gasteiger charge is -2.07. The van der Waals surface area contributed by atoms with E-state index in [9.17, 15) is 14.7 Å². The van der Waals surface area contributed by atoms with Gasteiger partial charge in [-0.25, -0.2) is 4.79 Å². The summed E-state index contributed by atoms with van der Waals surface area (Å²) in [5.41, 5.74) is 0.412. The van der Waals surface area contributed by atoms with Gasteiger partial charge in [-0.3, -0.25) is 4.79 Å². The highest BCUT2D eigenvalue weighted by Crippen LogP contribution is 2.23. The summed E-state index contributed by atoms with van der Waals surface area (Å²) in [6.45, 7) is -0.389. The first-order valence-electron chi connectivity index (χ1n) is 6.24. The van der Waals surface area contributed by atoms with E-state index in [1.165, 1.54) is 25.3 Å². The predicted molar refractivity (Wildman–Crippen MR) is 75.7 cm³/mol. The fourth-order valence-corrected chi connectivity index (χ4v) is 1.72. The Morgan fingerprint density at radius 3 is 2.48 bits per heavy atom. The number of phenolic OH excluding ortho intramolecular Hbond substituents is 1. The summed E-state index contributed by atoms with van der Waals surface area (Å²) in [7, 11) is 1.44. The molecular formula is C16H14O5. The molecule has 0 saturated heterocycles. The lowest BCUT2D eigenvalue weighted by molar-refractivity contribution is 0.0471. The van der Waals surface area contributed by atoms with Crippen LogP contribution in [0.15, 0.2) is 48.5 Å². The maximum absolute atomic E-state index is 11.9. The van der Waals surface area contributed by atoms with Gasteiger partial charge in [0, 0.05) is 5.56 Å². The van der Waals surface area contributed by atoms with Crippen molar-refractivity contribution >= 4 is 11.8 Å². The van der Waals surface area contributed by atoms with Gasteiger partial charge in [0.1, 0.15) is 17.1 Å². The lowest BCUT2D eigenvalue weighted by atomic mass is 10.1. The summed E-state index contributed by atoms with van der Waals surface area (Å²) >= 11 is 0. The number of methoxy groups -OCH3 is 1. The molecule has 0 atom stereocenters. The number of phenols is 1. The first-order valence-corrected chi connectivity index (χ1v) is 6.24.